The summed E-state index contributed by atoms with van der Waals surface area (Å²) in [6.07, 6.45) is -4.37. The summed E-state index contributed by atoms with van der Waals surface area (Å²) in [5.74, 6) is -0.397. The standard InChI is InChI=1S/C15H13F4N/c1-10(20-14-7-3-6-13(16)9-14)11-4-2-5-12(8-11)15(17,18)19/h2-10,20H,1H3. The van der Waals surface area contributed by atoms with E-state index in [0.717, 1.165) is 12.1 Å². The first-order valence-corrected chi connectivity index (χ1v) is 6.05. The molecule has 1 unspecified atom stereocenters. The van der Waals surface area contributed by atoms with Gasteiger partial charge in [0.05, 0.1) is 5.56 Å². The largest absolute Gasteiger partial charge is 0.416 e. The van der Waals surface area contributed by atoms with E-state index in [0.29, 0.717) is 11.3 Å². The van der Waals surface area contributed by atoms with Gasteiger partial charge in [0.15, 0.2) is 0 Å². The lowest BCUT2D eigenvalue weighted by Gasteiger charge is -2.17. The topological polar surface area (TPSA) is 12.0 Å². The molecule has 2 aromatic carbocycles. The van der Waals surface area contributed by atoms with E-state index < -0.39 is 17.6 Å². The zero-order valence-corrected chi connectivity index (χ0v) is 10.7. The van der Waals surface area contributed by atoms with Gasteiger partial charge >= 0.3 is 6.18 Å². The van der Waals surface area contributed by atoms with E-state index in [1.807, 2.05) is 0 Å². The van der Waals surface area contributed by atoms with Crippen LogP contribution in [0.2, 0.25) is 0 Å². The fourth-order valence-electron chi connectivity index (χ4n) is 1.90. The smallest absolute Gasteiger partial charge is 0.378 e. The SMILES string of the molecule is CC(Nc1cccc(F)c1)c1cccc(C(F)(F)F)c1. The summed E-state index contributed by atoms with van der Waals surface area (Å²) < 4.78 is 51.0. The molecule has 0 radical (unpaired) electrons. The van der Waals surface area contributed by atoms with Crippen LogP contribution in [0.4, 0.5) is 23.2 Å². The molecule has 2 rings (SSSR count). The Bertz CT molecular complexity index is 592. The number of hydrogen-bond donors (Lipinski definition) is 1. The molecule has 5 heteroatoms. The van der Waals surface area contributed by atoms with E-state index >= 15 is 0 Å². The molecule has 0 fully saturated rings. The molecule has 0 saturated carbocycles. The quantitative estimate of drug-likeness (QED) is 0.780. The first kappa shape index (κ1) is 14.4. The molecular formula is C15H13F4N. The van der Waals surface area contributed by atoms with E-state index in [1.165, 1.54) is 24.3 Å². The minimum Gasteiger partial charge on any atom is -0.378 e. The van der Waals surface area contributed by atoms with Gasteiger partial charge in [0.25, 0.3) is 0 Å². The minimum atomic E-state index is -4.37. The molecule has 0 aliphatic rings. The third-order valence-electron chi connectivity index (χ3n) is 2.92. The van der Waals surface area contributed by atoms with Crippen molar-refractivity contribution >= 4 is 5.69 Å². The molecule has 0 aromatic heterocycles. The van der Waals surface area contributed by atoms with Crippen molar-refractivity contribution in [1.82, 2.24) is 0 Å². The molecule has 2 aromatic rings. The Balaban J connectivity index is 2.19. The second-order valence-corrected chi connectivity index (χ2v) is 4.50. The summed E-state index contributed by atoms with van der Waals surface area (Å²) in [4.78, 5) is 0. The minimum absolute atomic E-state index is 0.362. The number of benzene rings is 2. The molecule has 0 spiro atoms. The van der Waals surface area contributed by atoms with E-state index in [-0.39, 0.29) is 6.04 Å². The van der Waals surface area contributed by atoms with Gasteiger partial charge in [-0.2, -0.15) is 13.2 Å². The Kier molecular flexibility index (Phi) is 3.97. The molecule has 0 aliphatic carbocycles. The number of hydrogen-bond acceptors (Lipinski definition) is 1. The number of anilines is 1. The molecule has 0 saturated heterocycles. The Labute approximate surface area is 114 Å². The maximum Gasteiger partial charge on any atom is 0.416 e. The van der Waals surface area contributed by atoms with Crippen LogP contribution in [0.15, 0.2) is 48.5 Å². The van der Waals surface area contributed by atoms with Gasteiger partial charge in [0.1, 0.15) is 5.82 Å². The van der Waals surface area contributed by atoms with Crippen molar-refractivity contribution < 1.29 is 17.6 Å². The molecule has 0 aliphatic heterocycles. The molecule has 106 valence electrons. The van der Waals surface area contributed by atoms with Crippen molar-refractivity contribution in [1.29, 1.82) is 0 Å². The second-order valence-electron chi connectivity index (χ2n) is 4.50. The zero-order valence-electron chi connectivity index (χ0n) is 10.7. The highest BCUT2D eigenvalue weighted by atomic mass is 19.4. The molecule has 1 atom stereocenters. The number of nitrogens with one attached hydrogen (secondary N) is 1. The average molecular weight is 283 g/mol. The van der Waals surface area contributed by atoms with Crippen LogP contribution in [0, 0.1) is 5.82 Å². The summed E-state index contributed by atoms with van der Waals surface area (Å²) in [5, 5.41) is 2.97. The van der Waals surface area contributed by atoms with Gasteiger partial charge < -0.3 is 5.32 Å². The van der Waals surface area contributed by atoms with Crippen LogP contribution in [0.5, 0.6) is 0 Å². The maximum atomic E-state index is 13.1. The summed E-state index contributed by atoms with van der Waals surface area (Å²) in [6.45, 7) is 1.72. The van der Waals surface area contributed by atoms with Crippen molar-refractivity contribution in [2.75, 3.05) is 5.32 Å². The van der Waals surface area contributed by atoms with Crippen molar-refractivity contribution in [3.8, 4) is 0 Å². The van der Waals surface area contributed by atoms with Crippen LogP contribution in [0.25, 0.3) is 0 Å². The van der Waals surface area contributed by atoms with Crippen molar-refractivity contribution in [3.63, 3.8) is 0 Å². The fraction of sp³-hybridized carbons (Fsp3) is 0.200. The lowest BCUT2D eigenvalue weighted by molar-refractivity contribution is -0.137. The Hall–Kier alpha value is -2.04. The van der Waals surface area contributed by atoms with E-state index in [9.17, 15) is 17.6 Å². The first-order valence-electron chi connectivity index (χ1n) is 6.05. The van der Waals surface area contributed by atoms with Gasteiger partial charge in [-0.05, 0) is 42.8 Å². The fourth-order valence-corrected chi connectivity index (χ4v) is 1.90. The Morgan fingerprint density at radius 2 is 1.70 bits per heavy atom. The van der Waals surface area contributed by atoms with E-state index in [1.54, 1.807) is 19.1 Å². The predicted octanol–water partition coefficient (Wildman–Crippen LogP) is 5.02. The molecule has 0 heterocycles. The molecule has 1 nitrogen and oxygen atoms in total. The summed E-state index contributed by atoms with van der Waals surface area (Å²) >= 11 is 0. The first-order chi connectivity index (χ1) is 9.36. The highest BCUT2D eigenvalue weighted by Gasteiger charge is 2.30. The van der Waals surface area contributed by atoms with Crippen LogP contribution in [0.1, 0.15) is 24.1 Å². The van der Waals surface area contributed by atoms with Gasteiger partial charge in [-0.1, -0.05) is 18.2 Å². The van der Waals surface area contributed by atoms with Gasteiger partial charge in [0.2, 0.25) is 0 Å². The number of rotatable bonds is 3. The molecule has 0 bridgehead atoms. The van der Waals surface area contributed by atoms with E-state index in [2.05, 4.69) is 5.32 Å². The highest BCUT2D eigenvalue weighted by Crippen LogP contribution is 2.31. The Morgan fingerprint density at radius 3 is 2.35 bits per heavy atom. The number of alkyl halides is 3. The van der Waals surface area contributed by atoms with Gasteiger partial charge in [-0.25, -0.2) is 4.39 Å². The van der Waals surface area contributed by atoms with Gasteiger partial charge in [0, 0.05) is 11.7 Å². The molecule has 0 amide bonds. The summed E-state index contributed by atoms with van der Waals surface area (Å²) in [7, 11) is 0. The van der Waals surface area contributed by atoms with Gasteiger partial charge in [-0.15, -0.1) is 0 Å². The van der Waals surface area contributed by atoms with E-state index in [4.69, 9.17) is 0 Å². The monoisotopic (exact) mass is 283 g/mol. The molecule has 1 N–H and O–H groups in total. The Morgan fingerprint density at radius 1 is 1.00 bits per heavy atom. The lowest BCUT2D eigenvalue weighted by atomic mass is 10.0. The third kappa shape index (κ3) is 3.50. The summed E-state index contributed by atoms with van der Waals surface area (Å²) in [6, 6.07) is 10.5. The van der Waals surface area contributed by atoms with Crippen LogP contribution in [-0.4, -0.2) is 0 Å². The predicted molar refractivity (Wildman–Crippen MR) is 69.9 cm³/mol. The molecule has 20 heavy (non-hydrogen) atoms. The second kappa shape index (κ2) is 5.53. The lowest BCUT2D eigenvalue weighted by Crippen LogP contribution is -2.10. The van der Waals surface area contributed by atoms with Gasteiger partial charge in [-0.3, -0.25) is 0 Å². The van der Waals surface area contributed by atoms with Crippen molar-refractivity contribution in [2.24, 2.45) is 0 Å². The maximum absolute atomic E-state index is 13.1. The highest BCUT2D eigenvalue weighted by molar-refractivity contribution is 5.45. The average Bonchev–Trinajstić information content (AvgIpc) is 2.38. The number of halogens is 4. The van der Waals surface area contributed by atoms with Crippen LogP contribution >= 0.6 is 0 Å². The van der Waals surface area contributed by atoms with Crippen molar-refractivity contribution in [2.45, 2.75) is 19.1 Å². The molecular weight excluding hydrogens is 270 g/mol. The normalized spacial score (nSPS) is 13.1. The van der Waals surface area contributed by atoms with Crippen LogP contribution < -0.4 is 5.32 Å². The van der Waals surface area contributed by atoms with Crippen LogP contribution in [-0.2, 0) is 6.18 Å². The summed E-state index contributed by atoms with van der Waals surface area (Å²) in [5.41, 5.74) is 0.321. The van der Waals surface area contributed by atoms with Crippen molar-refractivity contribution in [3.05, 3.63) is 65.5 Å². The third-order valence-corrected chi connectivity index (χ3v) is 2.92. The van der Waals surface area contributed by atoms with Crippen LogP contribution in [0.3, 0.4) is 0 Å². The zero-order chi connectivity index (χ0) is 14.8.